The maximum absolute atomic E-state index is 13.1. The minimum Gasteiger partial charge on any atom is -0.497 e. The van der Waals surface area contributed by atoms with E-state index in [1.165, 1.54) is 0 Å². The zero-order valence-corrected chi connectivity index (χ0v) is 21.2. The lowest BCUT2D eigenvalue weighted by molar-refractivity contribution is -0.525. The van der Waals surface area contributed by atoms with Gasteiger partial charge < -0.3 is 21.1 Å². The van der Waals surface area contributed by atoms with Crippen LogP contribution in [0.3, 0.4) is 0 Å². The molecule has 0 aliphatic carbocycles. The number of rotatable bonds is 13. The number of hydrazine groups is 1. The molecule has 0 spiro atoms. The van der Waals surface area contributed by atoms with Gasteiger partial charge in [-0.3, -0.25) is 9.59 Å². The van der Waals surface area contributed by atoms with Gasteiger partial charge in [0.1, 0.15) is 11.8 Å². The summed E-state index contributed by atoms with van der Waals surface area (Å²) in [7, 11) is 1.61. The number of carbonyl (C=O) groups excluding carboxylic acids is 2. The lowest BCUT2D eigenvalue weighted by Crippen LogP contribution is -2.48. The Labute approximate surface area is 211 Å². The van der Waals surface area contributed by atoms with Crippen LogP contribution in [-0.2, 0) is 9.59 Å². The summed E-state index contributed by atoms with van der Waals surface area (Å²) in [5.41, 5.74) is 8.02. The number of methoxy groups -OCH3 is 1. The summed E-state index contributed by atoms with van der Waals surface area (Å²) in [6, 6.07) is 10.8. The van der Waals surface area contributed by atoms with Crippen molar-refractivity contribution in [2.75, 3.05) is 20.2 Å². The van der Waals surface area contributed by atoms with E-state index in [0.29, 0.717) is 25.3 Å². The monoisotopic (exact) mass is 500 g/mol. The lowest BCUT2D eigenvalue weighted by Gasteiger charge is -2.21. The molecule has 36 heavy (non-hydrogen) atoms. The van der Waals surface area contributed by atoms with E-state index in [4.69, 9.17) is 10.5 Å². The summed E-state index contributed by atoms with van der Waals surface area (Å²) < 4.78 is 5.27. The van der Waals surface area contributed by atoms with Crippen LogP contribution in [0.15, 0.2) is 41.4 Å². The Hall–Kier alpha value is -3.89. The molecule has 11 nitrogen and oxygen atoms in total. The number of hydrogen-bond donors (Lipinski definition) is 4. The third-order valence-corrected chi connectivity index (χ3v) is 5.76. The third kappa shape index (κ3) is 9.05. The number of amides is 2. The number of nitrogens with two attached hydrogens (primary N) is 1. The van der Waals surface area contributed by atoms with E-state index >= 15 is 0 Å². The Morgan fingerprint density at radius 3 is 2.44 bits per heavy atom. The van der Waals surface area contributed by atoms with Crippen LogP contribution in [0.1, 0.15) is 51.5 Å². The largest absolute Gasteiger partial charge is 0.497 e. The highest BCUT2D eigenvalue weighted by atomic mass is 16.7. The van der Waals surface area contributed by atoms with E-state index in [2.05, 4.69) is 29.5 Å². The van der Waals surface area contributed by atoms with Gasteiger partial charge in [0.05, 0.1) is 13.0 Å². The number of carbonyl (C=O) groups is 2. The number of fused-ring (bicyclic) bond motifs is 1. The van der Waals surface area contributed by atoms with Crippen LogP contribution in [0.25, 0.3) is 10.8 Å². The summed E-state index contributed by atoms with van der Waals surface area (Å²) >= 11 is 0. The van der Waals surface area contributed by atoms with Gasteiger partial charge in [0, 0.05) is 13.1 Å². The van der Waals surface area contributed by atoms with Crippen molar-refractivity contribution in [2.24, 2.45) is 16.6 Å². The average Bonchev–Trinajstić information content (AvgIpc) is 2.83. The average molecular weight is 501 g/mol. The van der Waals surface area contributed by atoms with Gasteiger partial charge in [0.25, 0.3) is 5.96 Å². The molecular formula is C25H36N6O5. The first-order chi connectivity index (χ1) is 17.1. The molecular weight excluding hydrogens is 464 g/mol. The van der Waals surface area contributed by atoms with Crippen LogP contribution in [0.2, 0.25) is 0 Å². The predicted molar refractivity (Wildman–Crippen MR) is 139 cm³/mol. The highest BCUT2D eigenvalue weighted by molar-refractivity contribution is 5.92. The predicted octanol–water partition coefficient (Wildman–Crippen LogP) is 2.48. The topological polar surface area (TPSA) is 161 Å². The summed E-state index contributed by atoms with van der Waals surface area (Å²) in [6.45, 7) is 6.59. The Balaban J connectivity index is 2.07. The quantitative estimate of drug-likeness (QED) is 0.108. The van der Waals surface area contributed by atoms with Crippen molar-refractivity contribution in [3.05, 3.63) is 52.1 Å². The van der Waals surface area contributed by atoms with Gasteiger partial charge in [-0.25, -0.2) is 15.1 Å². The Bertz CT molecular complexity index is 1090. The molecule has 0 bridgehead atoms. The molecule has 0 radical (unpaired) electrons. The van der Waals surface area contributed by atoms with Crippen LogP contribution < -0.4 is 26.5 Å². The molecule has 0 aliphatic heterocycles. The summed E-state index contributed by atoms with van der Waals surface area (Å²) in [5.74, 6) is -0.165. The van der Waals surface area contributed by atoms with Crippen LogP contribution in [0, 0.1) is 16.0 Å². The number of hydrogen-bond acceptors (Lipinski definition) is 6. The number of aliphatic imine (C=N–C) groups is 1. The molecule has 0 aliphatic rings. The second-order valence-corrected chi connectivity index (χ2v) is 9.01. The molecule has 0 unspecified atom stereocenters. The first-order valence-corrected chi connectivity index (χ1v) is 12.0. The first-order valence-electron chi connectivity index (χ1n) is 12.0. The Kier molecular flexibility index (Phi) is 10.9. The van der Waals surface area contributed by atoms with Gasteiger partial charge in [-0.2, -0.15) is 0 Å². The third-order valence-electron chi connectivity index (χ3n) is 5.76. The molecule has 0 fully saturated rings. The van der Waals surface area contributed by atoms with Crippen molar-refractivity contribution < 1.29 is 19.4 Å². The smallest absolute Gasteiger partial charge is 0.251 e. The molecule has 5 N–H and O–H groups in total. The second-order valence-electron chi connectivity index (χ2n) is 9.01. The zero-order chi connectivity index (χ0) is 26.7. The van der Waals surface area contributed by atoms with E-state index in [0.717, 1.165) is 28.5 Å². The molecule has 2 amide bonds. The fourth-order valence-corrected chi connectivity index (χ4v) is 3.59. The number of nitro groups is 1. The van der Waals surface area contributed by atoms with Gasteiger partial charge >= 0.3 is 0 Å². The maximum Gasteiger partial charge on any atom is 0.251 e. The van der Waals surface area contributed by atoms with Crippen LogP contribution >= 0.6 is 0 Å². The molecule has 0 heterocycles. The van der Waals surface area contributed by atoms with Crippen LogP contribution in [-0.4, -0.2) is 49.0 Å². The molecule has 2 atom stereocenters. The molecule has 11 heteroatoms. The van der Waals surface area contributed by atoms with Crippen molar-refractivity contribution in [2.45, 2.75) is 52.0 Å². The summed E-state index contributed by atoms with van der Waals surface area (Å²) in [6.07, 6.45) is 1.52. The zero-order valence-electron chi connectivity index (χ0n) is 21.2. The van der Waals surface area contributed by atoms with E-state index < -0.39 is 17.0 Å². The van der Waals surface area contributed by atoms with Crippen molar-refractivity contribution in [1.82, 2.24) is 16.1 Å². The lowest BCUT2D eigenvalue weighted by atomic mass is 9.96. The molecule has 196 valence electrons. The highest BCUT2D eigenvalue weighted by Crippen LogP contribution is 2.25. The molecule has 0 saturated heterocycles. The first kappa shape index (κ1) is 28.3. The molecule has 2 aromatic carbocycles. The fraction of sp³-hybridized carbons (Fsp3) is 0.480. The SMILES string of the molecule is COc1ccc2cc([C@H](C)C(=O)N[C@@H](CCCN=C(N)N[N+](=O)[O-])C(=O)NCCC(C)C)ccc2c1. The number of nitrogens with one attached hydrogen (secondary N) is 3. The van der Waals surface area contributed by atoms with Crippen molar-refractivity contribution in [3.8, 4) is 5.75 Å². The van der Waals surface area contributed by atoms with E-state index in [-0.39, 0.29) is 24.3 Å². The molecule has 2 aromatic rings. The van der Waals surface area contributed by atoms with Gasteiger partial charge in [-0.1, -0.05) is 43.5 Å². The van der Waals surface area contributed by atoms with Gasteiger partial charge in [-0.05, 0) is 60.6 Å². The standard InChI is InChI=1S/C25H36N6O5/c1-16(2)11-13-27-24(33)22(6-5-12-28-25(26)30-31(34)35)29-23(32)17(3)18-7-8-20-15-21(36-4)10-9-19(20)14-18/h7-10,14-17,22H,5-6,11-13H2,1-4H3,(H,27,33)(H,29,32)(H3,26,28,30)/t17-,22-/m0/s1. The number of ether oxygens (including phenoxy) is 1. The van der Waals surface area contributed by atoms with Crippen molar-refractivity contribution in [3.63, 3.8) is 0 Å². The highest BCUT2D eigenvalue weighted by Gasteiger charge is 2.24. The summed E-state index contributed by atoms with van der Waals surface area (Å²) in [5, 5.41) is 17.3. The van der Waals surface area contributed by atoms with Gasteiger partial charge in [-0.15, -0.1) is 0 Å². The maximum atomic E-state index is 13.1. The van der Waals surface area contributed by atoms with E-state index in [9.17, 15) is 19.7 Å². The fourth-order valence-electron chi connectivity index (χ4n) is 3.59. The van der Waals surface area contributed by atoms with Crippen LogP contribution in [0.4, 0.5) is 0 Å². The Morgan fingerprint density at radius 2 is 1.78 bits per heavy atom. The minimum atomic E-state index is -0.797. The van der Waals surface area contributed by atoms with Gasteiger partial charge in [0.2, 0.25) is 11.8 Å². The normalized spacial score (nSPS) is 13.2. The van der Waals surface area contributed by atoms with E-state index in [1.807, 2.05) is 36.4 Å². The second kappa shape index (κ2) is 13.9. The number of nitrogens with zero attached hydrogens (tertiary/aromatic N) is 2. The summed E-state index contributed by atoms with van der Waals surface area (Å²) in [4.78, 5) is 40.2. The van der Waals surface area contributed by atoms with E-state index in [1.54, 1.807) is 19.5 Å². The number of benzene rings is 2. The van der Waals surface area contributed by atoms with Crippen LogP contribution in [0.5, 0.6) is 5.75 Å². The molecule has 0 saturated carbocycles. The molecule has 0 aromatic heterocycles. The van der Waals surface area contributed by atoms with Gasteiger partial charge in [0.15, 0.2) is 5.03 Å². The molecule has 2 rings (SSSR count). The minimum absolute atomic E-state index is 0.169. The number of guanidine groups is 1. The Morgan fingerprint density at radius 1 is 1.08 bits per heavy atom. The van der Waals surface area contributed by atoms with Crippen molar-refractivity contribution in [1.29, 1.82) is 0 Å². The van der Waals surface area contributed by atoms with Crippen molar-refractivity contribution >= 4 is 28.5 Å².